The highest BCUT2D eigenvalue weighted by Gasteiger charge is 1.92. The molecule has 0 heterocycles. The van der Waals surface area contributed by atoms with E-state index in [9.17, 15) is 4.79 Å². The number of hydrogen-bond acceptors (Lipinski definition) is 2. The van der Waals surface area contributed by atoms with E-state index in [1.807, 2.05) is 6.92 Å². The van der Waals surface area contributed by atoms with Gasteiger partial charge >= 0.3 is 5.97 Å². The average molecular weight is 146 g/mol. The normalized spacial score (nSPS) is 14.0. The van der Waals surface area contributed by atoms with Crippen LogP contribution in [0.5, 0.6) is 0 Å². The van der Waals surface area contributed by atoms with Crippen molar-refractivity contribution in [2.24, 2.45) is 0 Å². The Hall–Kier alpha value is -0.440. The summed E-state index contributed by atoms with van der Waals surface area (Å²) >= 11 is 4.05. The van der Waals surface area contributed by atoms with Crippen LogP contribution in [0, 0.1) is 0 Å². The van der Waals surface area contributed by atoms with Crippen LogP contribution in [0.1, 0.15) is 13.3 Å². The summed E-state index contributed by atoms with van der Waals surface area (Å²) in [7, 11) is 0. The molecule has 0 aliphatic carbocycles. The fourth-order valence-electron chi connectivity index (χ4n) is 0.329. The maximum atomic E-state index is 9.90. The van der Waals surface area contributed by atoms with Crippen molar-refractivity contribution in [3.8, 4) is 0 Å². The van der Waals surface area contributed by atoms with E-state index in [2.05, 4.69) is 12.6 Å². The second kappa shape index (κ2) is 4.44. The van der Waals surface area contributed by atoms with Gasteiger partial charge in [0.05, 0.1) is 0 Å². The van der Waals surface area contributed by atoms with Crippen molar-refractivity contribution in [3.05, 3.63) is 12.2 Å². The van der Waals surface area contributed by atoms with E-state index in [0.29, 0.717) is 0 Å². The third-order valence-electron chi connectivity index (χ3n) is 0.879. The van der Waals surface area contributed by atoms with E-state index < -0.39 is 5.97 Å². The number of thiol groups is 1. The SMILES string of the molecule is CCC(S)/C=C/C(=O)O. The lowest BCUT2D eigenvalue weighted by Crippen LogP contribution is -1.93. The van der Waals surface area contributed by atoms with Crippen molar-refractivity contribution in [2.45, 2.75) is 18.6 Å². The summed E-state index contributed by atoms with van der Waals surface area (Å²) < 4.78 is 0. The zero-order chi connectivity index (χ0) is 7.28. The Balaban J connectivity index is 3.56. The predicted octanol–water partition coefficient (Wildman–Crippen LogP) is 1.34. The molecule has 0 aromatic rings. The summed E-state index contributed by atoms with van der Waals surface area (Å²) in [5, 5.41) is 8.21. The van der Waals surface area contributed by atoms with Gasteiger partial charge in [0.1, 0.15) is 0 Å². The molecule has 3 heteroatoms. The third-order valence-corrected chi connectivity index (χ3v) is 1.42. The Kier molecular flexibility index (Phi) is 4.22. The molecule has 0 amide bonds. The number of carboxylic acid groups (broad SMARTS) is 1. The second-order valence-electron chi connectivity index (χ2n) is 1.67. The Morgan fingerprint density at radius 3 is 2.78 bits per heavy atom. The van der Waals surface area contributed by atoms with E-state index in [-0.39, 0.29) is 5.25 Å². The first-order chi connectivity index (χ1) is 4.16. The molecule has 0 aromatic carbocycles. The monoisotopic (exact) mass is 146 g/mol. The number of carboxylic acids is 1. The van der Waals surface area contributed by atoms with Gasteiger partial charge in [-0.3, -0.25) is 0 Å². The Labute approximate surface area is 60.0 Å². The summed E-state index contributed by atoms with van der Waals surface area (Å²) in [4.78, 5) is 9.90. The molecule has 0 bridgehead atoms. The Morgan fingerprint density at radius 2 is 2.44 bits per heavy atom. The largest absolute Gasteiger partial charge is 0.478 e. The quantitative estimate of drug-likeness (QED) is 0.465. The summed E-state index contributed by atoms with van der Waals surface area (Å²) in [6.45, 7) is 1.95. The lowest BCUT2D eigenvalue weighted by molar-refractivity contribution is -0.131. The van der Waals surface area contributed by atoms with Gasteiger partial charge in [-0.1, -0.05) is 13.0 Å². The maximum absolute atomic E-state index is 9.90. The highest BCUT2D eigenvalue weighted by atomic mass is 32.1. The topological polar surface area (TPSA) is 37.3 Å². The van der Waals surface area contributed by atoms with Crippen molar-refractivity contribution in [1.82, 2.24) is 0 Å². The van der Waals surface area contributed by atoms with Gasteiger partial charge in [-0.05, 0) is 6.42 Å². The van der Waals surface area contributed by atoms with E-state index in [1.165, 1.54) is 0 Å². The molecule has 0 aromatic heterocycles. The Morgan fingerprint density at radius 1 is 1.89 bits per heavy atom. The summed E-state index contributed by atoms with van der Waals surface area (Å²) in [5.74, 6) is -0.914. The average Bonchev–Trinajstić information content (AvgIpc) is 1.83. The van der Waals surface area contributed by atoms with Crippen LogP contribution in [0.15, 0.2) is 12.2 Å². The lowest BCUT2D eigenvalue weighted by atomic mass is 10.3. The zero-order valence-corrected chi connectivity index (χ0v) is 6.14. The van der Waals surface area contributed by atoms with Crippen molar-refractivity contribution in [3.63, 3.8) is 0 Å². The molecule has 1 unspecified atom stereocenters. The molecule has 2 nitrogen and oxygen atoms in total. The van der Waals surface area contributed by atoms with Gasteiger partial charge in [-0.25, -0.2) is 4.79 Å². The lowest BCUT2D eigenvalue weighted by Gasteiger charge is -1.95. The van der Waals surface area contributed by atoms with Crippen molar-refractivity contribution < 1.29 is 9.90 Å². The van der Waals surface area contributed by atoms with Gasteiger partial charge in [0, 0.05) is 11.3 Å². The van der Waals surface area contributed by atoms with Crippen molar-refractivity contribution in [1.29, 1.82) is 0 Å². The van der Waals surface area contributed by atoms with Crippen LogP contribution in [0.25, 0.3) is 0 Å². The number of rotatable bonds is 3. The number of hydrogen-bond donors (Lipinski definition) is 2. The summed E-state index contributed by atoms with van der Waals surface area (Å²) in [6.07, 6.45) is 3.53. The first-order valence-corrected chi connectivity index (χ1v) is 3.27. The third kappa shape index (κ3) is 5.43. The molecule has 1 N–H and O–H groups in total. The number of carbonyl (C=O) groups is 1. The summed E-state index contributed by atoms with van der Waals surface area (Å²) in [6, 6.07) is 0. The van der Waals surface area contributed by atoms with E-state index in [4.69, 9.17) is 5.11 Å². The van der Waals surface area contributed by atoms with E-state index in [1.54, 1.807) is 6.08 Å². The van der Waals surface area contributed by atoms with Gasteiger partial charge in [0.15, 0.2) is 0 Å². The molecule has 9 heavy (non-hydrogen) atoms. The second-order valence-corrected chi connectivity index (χ2v) is 2.34. The number of aliphatic carboxylic acids is 1. The summed E-state index contributed by atoms with van der Waals surface area (Å²) in [5.41, 5.74) is 0. The molecule has 0 aliphatic heterocycles. The standard InChI is InChI=1S/C6H10O2S/c1-2-5(9)3-4-6(7)8/h3-5,9H,2H2,1H3,(H,7,8)/b4-3+. The van der Waals surface area contributed by atoms with E-state index >= 15 is 0 Å². The Bertz CT molecular complexity index is 120. The van der Waals surface area contributed by atoms with Gasteiger partial charge in [0.2, 0.25) is 0 Å². The first-order valence-electron chi connectivity index (χ1n) is 2.76. The molecule has 0 saturated carbocycles. The van der Waals surface area contributed by atoms with Crippen LogP contribution in [0.2, 0.25) is 0 Å². The zero-order valence-electron chi connectivity index (χ0n) is 5.24. The fraction of sp³-hybridized carbons (Fsp3) is 0.500. The fourth-order valence-corrected chi connectivity index (χ4v) is 0.416. The van der Waals surface area contributed by atoms with Crippen molar-refractivity contribution >= 4 is 18.6 Å². The molecular weight excluding hydrogens is 136 g/mol. The molecule has 0 fully saturated rings. The van der Waals surface area contributed by atoms with Crippen LogP contribution in [-0.4, -0.2) is 16.3 Å². The minimum absolute atomic E-state index is 0.0705. The highest BCUT2D eigenvalue weighted by molar-refractivity contribution is 7.81. The highest BCUT2D eigenvalue weighted by Crippen LogP contribution is 2.00. The molecule has 1 atom stereocenters. The maximum Gasteiger partial charge on any atom is 0.328 e. The predicted molar refractivity (Wildman–Crippen MR) is 39.8 cm³/mol. The van der Waals surface area contributed by atoms with Gasteiger partial charge in [-0.2, -0.15) is 12.6 Å². The van der Waals surface area contributed by atoms with Crippen LogP contribution in [-0.2, 0) is 4.79 Å². The minimum Gasteiger partial charge on any atom is -0.478 e. The molecule has 0 rings (SSSR count). The minimum atomic E-state index is -0.914. The van der Waals surface area contributed by atoms with Gasteiger partial charge in [-0.15, -0.1) is 0 Å². The van der Waals surface area contributed by atoms with Crippen LogP contribution in [0.3, 0.4) is 0 Å². The molecule has 0 spiro atoms. The smallest absolute Gasteiger partial charge is 0.328 e. The van der Waals surface area contributed by atoms with Gasteiger partial charge < -0.3 is 5.11 Å². The van der Waals surface area contributed by atoms with E-state index in [0.717, 1.165) is 12.5 Å². The van der Waals surface area contributed by atoms with Crippen LogP contribution in [0.4, 0.5) is 0 Å². The molecule has 0 aliphatic rings. The van der Waals surface area contributed by atoms with Crippen LogP contribution < -0.4 is 0 Å². The molecular formula is C6H10O2S. The first kappa shape index (κ1) is 8.56. The molecule has 0 saturated heterocycles. The van der Waals surface area contributed by atoms with Gasteiger partial charge in [0.25, 0.3) is 0 Å². The molecule has 52 valence electrons. The van der Waals surface area contributed by atoms with Crippen molar-refractivity contribution in [2.75, 3.05) is 0 Å². The molecule has 0 radical (unpaired) electrons. The van der Waals surface area contributed by atoms with Crippen LogP contribution >= 0.6 is 12.6 Å².